The van der Waals surface area contributed by atoms with Gasteiger partial charge in [-0.3, -0.25) is 4.68 Å². The highest BCUT2D eigenvalue weighted by atomic mass is 79.9. The molecule has 0 aliphatic rings. The SMILES string of the molecule is CCc1nn(CC)c(CN(C)CCC(C)Br)c1Br. The maximum Gasteiger partial charge on any atom is 0.0767 e. The normalized spacial score (nSPS) is 13.3. The van der Waals surface area contributed by atoms with Gasteiger partial charge < -0.3 is 4.90 Å². The molecular formula is C13H23Br2N3. The first-order chi connectivity index (χ1) is 8.49. The third-order valence-electron chi connectivity index (χ3n) is 3.02. The fourth-order valence-corrected chi connectivity index (χ4v) is 2.80. The van der Waals surface area contributed by atoms with Crippen molar-refractivity contribution < 1.29 is 0 Å². The Morgan fingerprint density at radius 1 is 1.39 bits per heavy atom. The first-order valence-electron chi connectivity index (χ1n) is 6.56. The van der Waals surface area contributed by atoms with Crippen LogP contribution < -0.4 is 0 Å². The van der Waals surface area contributed by atoms with Crippen molar-refractivity contribution in [3.05, 3.63) is 15.9 Å². The van der Waals surface area contributed by atoms with Crippen molar-refractivity contribution in [1.29, 1.82) is 0 Å². The number of halogens is 2. The van der Waals surface area contributed by atoms with Gasteiger partial charge in [0, 0.05) is 17.9 Å². The molecule has 0 bridgehead atoms. The standard InChI is InChI=1S/C13H23Br2N3/c1-5-11-13(15)12(18(6-2)16-11)9-17(4)8-7-10(3)14/h10H,5-9H2,1-4H3. The molecule has 0 N–H and O–H groups in total. The van der Waals surface area contributed by atoms with E-state index in [2.05, 4.69) is 74.4 Å². The summed E-state index contributed by atoms with van der Waals surface area (Å²) in [7, 11) is 2.17. The third-order valence-corrected chi connectivity index (χ3v) is 4.40. The van der Waals surface area contributed by atoms with Gasteiger partial charge in [0.25, 0.3) is 0 Å². The van der Waals surface area contributed by atoms with Crippen LogP contribution in [0.3, 0.4) is 0 Å². The topological polar surface area (TPSA) is 21.1 Å². The van der Waals surface area contributed by atoms with Crippen LogP contribution in [-0.4, -0.2) is 33.1 Å². The van der Waals surface area contributed by atoms with Gasteiger partial charge in [0.1, 0.15) is 0 Å². The third kappa shape index (κ3) is 4.35. The Morgan fingerprint density at radius 2 is 2.06 bits per heavy atom. The Hall–Kier alpha value is 0.130. The molecule has 5 heteroatoms. The van der Waals surface area contributed by atoms with Crippen molar-refractivity contribution in [2.45, 2.75) is 51.5 Å². The zero-order valence-corrected chi connectivity index (χ0v) is 14.9. The van der Waals surface area contributed by atoms with Crippen LogP contribution in [-0.2, 0) is 19.5 Å². The van der Waals surface area contributed by atoms with Gasteiger partial charge in [-0.1, -0.05) is 29.8 Å². The summed E-state index contributed by atoms with van der Waals surface area (Å²) in [5.74, 6) is 0. The van der Waals surface area contributed by atoms with E-state index in [1.54, 1.807) is 0 Å². The molecule has 1 rings (SSSR count). The molecule has 18 heavy (non-hydrogen) atoms. The lowest BCUT2D eigenvalue weighted by atomic mass is 10.2. The van der Waals surface area contributed by atoms with Crippen molar-refractivity contribution in [3.8, 4) is 0 Å². The highest BCUT2D eigenvalue weighted by molar-refractivity contribution is 9.10. The summed E-state index contributed by atoms with van der Waals surface area (Å²) in [5, 5.41) is 4.63. The van der Waals surface area contributed by atoms with E-state index >= 15 is 0 Å². The van der Waals surface area contributed by atoms with Crippen LogP contribution in [0.2, 0.25) is 0 Å². The Morgan fingerprint density at radius 3 is 2.56 bits per heavy atom. The van der Waals surface area contributed by atoms with Gasteiger partial charge in [0.15, 0.2) is 0 Å². The van der Waals surface area contributed by atoms with Gasteiger partial charge in [-0.15, -0.1) is 0 Å². The molecule has 0 aliphatic carbocycles. The molecule has 0 saturated heterocycles. The summed E-state index contributed by atoms with van der Waals surface area (Å²) >= 11 is 7.29. The quantitative estimate of drug-likeness (QED) is 0.670. The van der Waals surface area contributed by atoms with Crippen LogP contribution in [0.1, 0.15) is 38.6 Å². The van der Waals surface area contributed by atoms with Gasteiger partial charge in [-0.05, 0) is 49.3 Å². The summed E-state index contributed by atoms with van der Waals surface area (Å²) < 4.78 is 3.29. The highest BCUT2D eigenvalue weighted by Gasteiger charge is 2.15. The molecule has 1 unspecified atom stereocenters. The summed E-state index contributed by atoms with van der Waals surface area (Å²) in [4.78, 5) is 2.93. The number of aromatic nitrogens is 2. The average molecular weight is 381 g/mol. The second-order valence-electron chi connectivity index (χ2n) is 4.68. The van der Waals surface area contributed by atoms with Crippen molar-refractivity contribution in [1.82, 2.24) is 14.7 Å². The lowest BCUT2D eigenvalue weighted by Gasteiger charge is -2.18. The van der Waals surface area contributed by atoms with Crippen LogP contribution in [0.25, 0.3) is 0 Å². The summed E-state index contributed by atoms with van der Waals surface area (Å²) in [6, 6.07) is 0. The molecule has 104 valence electrons. The molecule has 1 aromatic rings. The molecule has 0 saturated carbocycles. The fourth-order valence-electron chi connectivity index (χ4n) is 1.90. The van der Waals surface area contributed by atoms with Gasteiger partial charge in [-0.2, -0.15) is 5.10 Å². The zero-order valence-electron chi connectivity index (χ0n) is 11.7. The molecule has 1 heterocycles. The van der Waals surface area contributed by atoms with Crippen LogP contribution in [0.15, 0.2) is 4.47 Å². The molecule has 1 aromatic heterocycles. The van der Waals surface area contributed by atoms with Crippen LogP contribution in [0.5, 0.6) is 0 Å². The fraction of sp³-hybridized carbons (Fsp3) is 0.769. The Kier molecular flexibility index (Phi) is 6.88. The zero-order chi connectivity index (χ0) is 13.7. The lowest BCUT2D eigenvalue weighted by Crippen LogP contribution is -2.22. The van der Waals surface area contributed by atoms with Crippen LogP contribution in [0.4, 0.5) is 0 Å². The lowest BCUT2D eigenvalue weighted by molar-refractivity contribution is 0.311. The van der Waals surface area contributed by atoms with Gasteiger partial charge in [0.05, 0.1) is 15.9 Å². The van der Waals surface area contributed by atoms with Gasteiger partial charge in [-0.25, -0.2) is 0 Å². The second kappa shape index (κ2) is 7.65. The summed E-state index contributed by atoms with van der Waals surface area (Å²) in [5.41, 5.74) is 2.45. The molecule has 0 radical (unpaired) electrons. The summed E-state index contributed by atoms with van der Waals surface area (Å²) in [6.45, 7) is 9.44. The van der Waals surface area contributed by atoms with Crippen LogP contribution in [0, 0.1) is 0 Å². The number of hydrogen-bond donors (Lipinski definition) is 0. The van der Waals surface area contributed by atoms with E-state index < -0.39 is 0 Å². The van der Waals surface area contributed by atoms with Crippen molar-refractivity contribution in [3.63, 3.8) is 0 Å². The number of nitrogens with zero attached hydrogens (tertiary/aromatic N) is 3. The number of alkyl halides is 1. The molecule has 0 fully saturated rings. The molecule has 0 amide bonds. The summed E-state index contributed by atoms with van der Waals surface area (Å²) in [6.07, 6.45) is 2.14. The second-order valence-corrected chi connectivity index (χ2v) is 7.04. The minimum Gasteiger partial charge on any atom is -0.300 e. The van der Waals surface area contributed by atoms with Gasteiger partial charge >= 0.3 is 0 Å². The molecule has 1 atom stereocenters. The van der Waals surface area contributed by atoms with E-state index in [1.807, 2.05) is 0 Å². The average Bonchev–Trinajstić information content (AvgIpc) is 2.63. The first kappa shape index (κ1) is 16.2. The maximum absolute atomic E-state index is 4.63. The van der Waals surface area contributed by atoms with E-state index in [4.69, 9.17) is 0 Å². The van der Waals surface area contributed by atoms with E-state index in [1.165, 1.54) is 10.2 Å². The smallest absolute Gasteiger partial charge is 0.0767 e. The van der Waals surface area contributed by atoms with Crippen molar-refractivity contribution in [2.75, 3.05) is 13.6 Å². The molecule has 0 spiro atoms. The van der Waals surface area contributed by atoms with Crippen molar-refractivity contribution in [2.24, 2.45) is 0 Å². The van der Waals surface area contributed by atoms with E-state index in [0.29, 0.717) is 4.83 Å². The molecule has 3 nitrogen and oxygen atoms in total. The predicted molar refractivity (Wildman–Crippen MR) is 84.3 cm³/mol. The van der Waals surface area contributed by atoms with Crippen LogP contribution >= 0.6 is 31.9 Å². The molecular weight excluding hydrogens is 358 g/mol. The number of hydrogen-bond acceptors (Lipinski definition) is 2. The van der Waals surface area contributed by atoms with Crippen molar-refractivity contribution >= 4 is 31.9 Å². The maximum atomic E-state index is 4.63. The molecule has 0 aromatic carbocycles. The Balaban J connectivity index is 2.73. The minimum atomic E-state index is 0.575. The van der Waals surface area contributed by atoms with Gasteiger partial charge in [0.2, 0.25) is 0 Å². The highest BCUT2D eigenvalue weighted by Crippen LogP contribution is 2.23. The Labute approximate surface area is 127 Å². The van der Waals surface area contributed by atoms with E-state index in [0.717, 1.165) is 38.2 Å². The number of rotatable bonds is 7. The number of aryl methyl sites for hydroxylation is 2. The minimum absolute atomic E-state index is 0.575. The van der Waals surface area contributed by atoms with E-state index in [-0.39, 0.29) is 0 Å². The Bertz CT molecular complexity index is 375. The predicted octanol–water partition coefficient (Wildman–Crippen LogP) is 3.83. The first-order valence-corrected chi connectivity index (χ1v) is 8.27. The monoisotopic (exact) mass is 379 g/mol. The molecule has 0 aliphatic heterocycles. The largest absolute Gasteiger partial charge is 0.300 e. The van der Waals surface area contributed by atoms with E-state index in [9.17, 15) is 0 Å².